The first kappa shape index (κ1) is 20.8. The molecule has 2 aromatic carbocycles. The van der Waals surface area contributed by atoms with E-state index in [4.69, 9.17) is 14.2 Å². The van der Waals surface area contributed by atoms with Gasteiger partial charge in [-0.25, -0.2) is 4.98 Å². The summed E-state index contributed by atoms with van der Waals surface area (Å²) in [4.78, 5) is 18.7. The molecule has 1 unspecified atom stereocenters. The summed E-state index contributed by atoms with van der Waals surface area (Å²) < 4.78 is 17.1. The van der Waals surface area contributed by atoms with Crippen molar-refractivity contribution in [3.05, 3.63) is 54.7 Å². The van der Waals surface area contributed by atoms with Crippen LogP contribution in [0.15, 0.2) is 54.7 Å². The van der Waals surface area contributed by atoms with Crippen LogP contribution in [-0.2, 0) is 9.53 Å². The molecule has 166 valence electrons. The molecule has 1 atom stereocenters. The number of rotatable bonds is 5. The minimum absolute atomic E-state index is 0.134. The number of carbonyl (C=O) groups is 1. The van der Waals surface area contributed by atoms with Crippen molar-refractivity contribution >= 4 is 16.7 Å². The highest BCUT2D eigenvalue weighted by Crippen LogP contribution is 2.30. The van der Waals surface area contributed by atoms with Crippen molar-refractivity contribution in [2.24, 2.45) is 0 Å². The molecule has 2 saturated heterocycles. The van der Waals surface area contributed by atoms with Crippen molar-refractivity contribution < 1.29 is 19.0 Å². The molecule has 6 heteroatoms. The second-order valence-electron chi connectivity index (χ2n) is 8.42. The molecule has 0 bridgehead atoms. The molecule has 1 amide bonds. The monoisotopic (exact) mass is 432 g/mol. The molecule has 0 saturated carbocycles. The number of pyridine rings is 1. The Bertz CT molecular complexity index is 1080. The molecule has 3 aromatic rings. The lowest BCUT2D eigenvalue weighted by Crippen LogP contribution is -2.45. The molecule has 2 fully saturated rings. The number of nitrogens with zero attached hydrogens (tertiary/aromatic N) is 2. The smallest absolute Gasteiger partial charge is 0.251 e. The first-order valence-corrected chi connectivity index (χ1v) is 11.3. The average molecular weight is 433 g/mol. The number of hydrogen-bond acceptors (Lipinski definition) is 5. The van der Waals surface area contributed by atoms with Gasteiger partial charge in [-0.15, -0.1) is 0 Å². The number of piperidine rings is 1. The molecular weight excluding hydrogens is 404 g/mol. The van der Waals surface area contributed by atoms with Crippen molar-refractivity contribution in [3.63, 3.8) is 0 Å². The standard InChI is InChI=1S/C26H28N2O4/c1-30-25-23-9-6-19(17-20(23)10-13-27-25)18-4-7-21(8-5-18)32-22-11-14-28(15-12-22)26(29)24-3-2-16-31-24/h4-10,13,17,22,24H,2-3,11-12,14-16H2,1H3. The summed E-state index contributed by atoms with van der Waals surface area (Å²) in [6.07, 6.45) is 5.20. The maximum atomic E-state index is 12.5. The number of benzene rings is 2. The number of ether oxygens (including phenoxy) is 3. The Balaban J connectivity index is 1.20. The van der Waals surface area contributed by atoms with Gasteiger partial charge in [0.15, 0.2) is 0 Å². The van der Waals surface area contributed by atoms with E-state index < -0.39 is 0 Å². The highest BCUT2D eigenvalue weighted by Gasteiger charge is 2.31. The third-order valence-electron chi connectivity index (χ3n) is 6.37. The first-order chi connectivity index (χ1) is 15.7. The number of aromatic nitrogens is 1. The fourth-order valence-corrected chi connectivity index (χ4v) is 4.58. The molecule has 5 rings (SSSR count). The number of amides is 1. The molecule has 6 nitrogen and oxygen atoms in total. The van der Waals surface area contributed by atoms with Crippen LogP contribution in [0.5, 0.6) is 11.6 Å². The zero-order valence-corrected chi connectivity index (χ0v) is 18.3. The van der Waals surface area contributed by atoms with Crippen LogP contribution >= 0.6 is 0 Å². The van der Waals surface area contributed by atoms with Crippen molar-refractivity contribution in [2.45, 2.75) is 37.9 Å². The molecule has 0 aliphatic carbocycles. The number of hydrogen-bond donors (Lipinski definition) is 0. The second kappa shape index (κ2) is 9.17. The fraction of sp³-hybridized carbons (Fsp3) is 0.385. The molecule has 2 aliphatic heterocycles. The van der Waals surface area contributed by atoms with E-state index in [1.165, 1.54) is 0 Å². The van der Waals surface area contributed by atoms with E-state index >= 15 is 0 Å². The minimum Gasteiger partial charge on any atom is -0.490 e. The second-order valence-corrected chi connectivity index (χ2v) is 8.42. The van der Waals surface area contributed by atoms with Crippen LogP contribution in [0, 0.1) is 0 Å². The molecule has 0 radical (unpaired) electrons. The van der Waals surface area contributed by atoms with Gasteiger partial charge in [-0.2, -0.15) is 0 Å². The number of fused-ring (bicyclic) bond motifs is 1. The molecule has 3 heterocycles. The molecule has 0 N–H and O–H groups in total. The maximum absolute atomic E-state index is 12.5. The summed E-state index contributed by atoms with van der Waals surface area (Å²) in [7, 11) is 1.64. The van der Waals surface area contributed by atoms with Gasteiger partial charge >= 0.3 is 0 Å². The maximum Gasteiger partial charge on any atom is 0.251 e. The quantitative estimate of drug-likeness (QED) is 0.596. The van der Waals surface area contributed by atoms with Gasteiger partial charge in [-0.05, 0) is 59.7 Å². The lowest BCUT2D eigenvalue weighted by molar-refractivity contribution is -0.142. The van der Waals surface area contributed by atoms with Gasteiger partial charge in [0.25, 0.3) is 5.91 Å². The minimum atomic E-state index is -0.229. The van der Waals surface area contributed by atoms with E-state index in [1.807, 2.05) is 29.2 Å². The van der Waals surface area contributed by atoms with Gasteiger partial charge in [0.1, 0.15) is 18.0 Å². The van der Waals surface area contributed by atoms with Gasteiger partial charge in [0, 0.05) is 44.1 Å². The predicted octanol–water partition coefficient (Wildman–Crippen LogP) is 4.46. The molecule has 0 spiro atoms. The van der Waals surface area contributed by atoms with Gasteiger partial charge < -0.3 is 19.1 Å². The molecule has 1 aromatic heterocycles. The molecule has 32 heavy (non-hydrogen) atoms. The van der Waals surface area contributed by atoms with E-state index in [-0.39, 0.29) is 18.1 Å². The van der Waals surface area contributed by atoms with E-state index in [0.717, 1.165) is 66.4 Å². The van der Waals surface area contributed by atoms with Crippen LogP contribution in [0.25, 0.3) is 21.9 Å². The van der Waals surface area contributed by atoms with Gasteiger partial charge in [0.05, 0.1) is 7.11 Å². The summed E-state index contributed by atoms with van der Waals surface area (Å²) >= 11 is 0. The zero-order chi connectivity index (χ0) is 21.9. The summed E-state index contributed by atoms with van der Waals surface area (Å²) in [5.74, 6) is 1.65. The van der Waals surface area contributed by atoms with Crippen molar-refractivity contribution in [1.82, 2.24) is 9.88 Å². The Labute approximate surface area is 188 Å². The Hall–Kier alpha value is -3.12. The number of likely N-dealkylation sites (tertiary alicyclic amines) is 1. The Morgan fingerprint density at radius 1 is 1.03 bits per heavy atom. The van der Waals surface area contributed by atoms with Crippen LogP contribution in [0.1, 0.15) is 25.7 Å². The highest BCUT2D eigenvalue weighted by atomic mass is 16.5. The van der Waals surface area contributed by atoms with Crippen LogP contribution < -0.4 is 9.47 Å². The Morgan fingerprint density at radius 3 is 2.53 bits per heavy atom. The van der Waals surface area contributed by atoms with Crippen LogP contribution in [0.4, 0.5) is 0 Å². The van der Waals surface area contributed by atoms with E-state index in [2.05, 4.69) is 29.2 Å². The molecule has 2 aliphatic rings. The van der Waals surface area contributed by atoms with Gasteiger partial charge in [-0.3, -0.25) is 4.79 Å². The first-order valence-electron chi connectivity index (χ1n) is 11.3. The summed E-state index contributed by atoms with van der Waals surface area (Å²) in [6, 6.07) is 16.5. The molecular formula is C26H28N2O4. The number of methoxy groups -OCH3 is 1. The lowest BCUT2D eigenvalue weighted by Gasteiger charge is -2.33. The van der Waals surface area contributed by atoms with E-state index in [1.54, 1.807) is 13.3 Å². The largest absolute Gasteiger partial charge is 0.490 e. The fourth-order valence-electron chi connectivity index (χ4n) is 4.58. The van der Waals surface area contributed by atoms with Gasteiger partial charge in [0.2, 0.25) is 5.88 Å². The SMILES string of the molecule is COc1nccc2cc(-c3ccc(OC4CCN(C(=O)C5CCCO5)CC4)cc3)ccc12. The Kier molecular flexibility index (Phi) is 5.95. The third-order valence-corrected chi connectivity index (χ3v) is 6.37. The summed E-state index contributed by atoms with van der Waals surface area (Å²) in [5, 5.41) is 2.10. The van der Waals surface area contributed by atoms with Crippen molar-refractivity contribution in [3.8, 4) is 22.8 Å². The van der Waals surface area contributed by atoms with E-state index in [0.29, 0.717) is 12.5 Å². The normalized spacial score (nSPS) is 19.3. The zero-order valence-electron chi connectivity index (χ0n) is 18.3. The predicted molar refractivity (Wildman–Crippen MR) is 123 cm³/mol. The van der Waals surface area contributed by atoms with Gasteiger partial charge in [-0.1, -0.05) is 18.2 Å². The highest BCUT2D eigenvalue weighted by molar-refractivity contribution is 5.90. The topological polar surface area (TPSA) is 60.9 Å². The van der Waals surface area contributed by atoms with Crippen LogP contribution in [0.2, 0.25) is 0 Å². The average Bonchev–Trinajstić information content (AvgIpc) is 3.39. The van der Waals surface area contributed by atoms with Crippen molar-refractivity contribution in [2.75, 3.05) is 26.8 Å². The van der Waals surface area contributed by atoms with Crippen molar-refractivity contribution in [1.29, 1.82) is 0 Å². The summed E-state index contributed by atoms with van der Waals surface area (Å²) in [6.45, 7) is 2.17. The number of carbonyl (C=O) groups excluding carboxylic acids is 1. The van der Waals surface area contributed by atoms with Crippen LogP contribution in [-0.4, -0.2) is 54.8 Å². The lowest BCUT2D eigenvalue weighted by atomic mass is 10.0. The third kappa shape index (κ3) is 4.28. The Morgan fingerprint density at radius 2 is 1.81 bits per heavy atom. The summed E-state index contributed by atoms with van der Waals surface area (Å²) in [5.41, 5.74) is 2.27. The van der Waals surface area contributed by atoms with E-state index in [9.17, 15) is 4.79 Å². The van der Waals surface area contributed by atoms with Crippen LogP contribution in [0.3, 0.4) is 0 Å².